The number of ether oxygens (including phenoxy) is 1. The molecule has 2 aromatic carbocycles. The van der Waals surface area contributed by atoms with Crippen molar-refractivity contribution >= 4 is 0 Å². The van der Waals surface area contributed by atoms with Crippen LogP contribution in [0.3, 0.4) is 0 Å². The van der Waals surface area contributed by atoms with E-state index in [0.29, 0.717) is 11.3 Å². The summed E-state index contributed by atoms with van der Waals surface area (Å²) in [5.74, 6) is 0.254. The number of aliphatic hydroxyl groups is 1. The third-order valence-electron chi connectivity index (χ3n) is 2.41. The highest BCUT2D eigenvalue weighted by Crippen LogP contribution is 2.26. The van der Waals surface area contributed by atoms with Gasteiger partial charge in [0.2, 0.25) is 0 Å². The largest absolute Gasteiger partial charge is 0.454 e. The van der Waals surface area contributed by atoms with E-state index in [4.69, 9.17) is 4.74 Å². The van der Waals surface area contributed by atoms with Crippen molar-refractivity contribution in [1.82, 2.24) is 0 Å². The maximum Gasteiger partial charge on any atom is 0.166 e. The predicted octanol–water partition coefficient (Wildman–Crippen LogP) is 3.67. The number of benzene rings is 2. The van der Waals surface area contributed by atoms with Crippen LogP contribution in [0.15, 0.2) is 48.5 Å². The van der Waals surface area contributed by atoms with E-state index >= 15 is 0 Å². The molecule has 0 amide bonds. The van der Waals surface area contributed by atoms with Crippen molar-refractivity contribution in [3.63, 3.8) is 0 Å². The fraction of sp³-hybridized carbons (Fsp3) is 0.143. The molecule has 88 valence electrons. The van der Waals surface area contributed by atoms with Gasteiger partial charge in [-0.25, -0.2) is 4.39 Å². The number of halogens is 1. The molecular weight excluding hydrogens is 219 g/mol. The molecule has 0 heterocycles. The summed E-state index contributed by atoms with van der Waals surface area (Å²) in [5, 5.41) is 9.32. The molecule has 1 N–H and O–H groups in total. The van der Waals surface area contributed by atoms with Crippen molar-refractivity contribution in [2.75, 3.05) is 0 Å². The first-order chi connectivity index (χ1) is 8.16. The number of para-hydroxylation sites is 1. The van der Waals surface area contributed by atoms with E-state index in [9.17, 15) is 9.50 Å². The molecule has 3 heteroatoms. The zero-order valence-electron chi connectivity index (χ0n) is 9.43. The monoisotopic (exact) mass is 232 g/mol. The van der Waals surface area contributed by atoms with Gasteiger partial charge >= 0.3 is 0 Å². The van der Waals surface area contributed by atoms with E-state index in [-0.39, 0.29) is 5.75 Å². The summed E-state index contributed by atoms with van der Waals surface area (Å²) in [6, 6.07) is 13.4. The molecule has 0 bridgehead atoms. The fourth-order valence-electron chi connectivity index (χ4n) is 1.48. The fourth-order valence-corrected chi connectivity index (χ4v) is 1.48. The van der Waals surface area contributed by atoms with Gasteiger partial charge in [0.25, 0.3) is 0 Å². The van der Waals surface area contributed by atoms with Crippen molar-refractivity contribution in [1.29, 1.82) is 0 Å². The first-order valence-electron chi connectivity index (χ1n) is 5.37. The average molecular weight is 232 g/mol. The summed E-state index contributed by atoms with van der Waals surface area (Å²) in [7, 11) is 0. The van der Waals surface area contributed by atoms with Gasteiger partial charge in [-0.15, -0.1) is 0 Å². The van der Waals surface area contributed by atoms with Crippen LogP contribution in [0.2, 0.25) is 0 Å². The minimum Gasteiger partial charge on any atom is -0.454 e. The number of aliphatic hydroxyl groups excluding tert-OH is 1. The second-order valence-electron chi connectivity index (χ2n) is 3.78. The molecule has 17 heavy (non-hydrogen) atoms. The van der Waals surface area contributed by atoms with Crippen LogP contribution >= 0.6 is 0 Å². The smallest absolute Gasteiger partial charge is 0.166 e. The Kier molecular flexibility index (Phi) is 3.40. The van der Waals surface area contributed by atoms with Crippen LogP contribution in [0.1, 0.15) is 18.6 Å². The van der Waals surface area contributed by atoms with E-state index in [0.717, 1.165) is 0 Å². The number of hydrogen-bond donors (Lipinski definition) is 1. The second-order valence-corrected chi connectivity index (χ2v) is 3.78. The van der Waals surface area contributed by atoms with Crippen molar-refractivity contribution in [2.24, 2.45) is 0 Å². The molecule has 0 aromatic heterocycles. The Morgan fingerprint density at radius 3 is 2.41 bits per heavy atom. The lowest BCUT2D eigenvalue weighted by Gasteiger charge is -2.09. The molecule has 0 aliphatic rings. The third kappa shape index (κ3) is 2.82. The van der Waals surface area contributed by atoms with E-state index in [2.05, 4.69) is 0 Å². The van der Waals surface area contributed by atoms with Crippen molar-refractivity contribution in [2.45, 2.75) is 13.0 Å². The van der Waals surface area contributed by atoms with Gasteiger partial charge in [0, 0.05) is 0 Å². The Labute approximate surface area is 99.3 Å². The maximum atomic E-state index is 13.7. The molecular formula is C14H13FO2. The van der Waals surface area contributed by atoms with E-state index < -0.39 is 11.9 Å². The molecule has 0 saturated carbocycles. The SMILES string of the molecule is C[C@@H](O)c1ccc(Oc2ccccc2)c(F)c1. The predicted molar refractivity (Wildman–Crippen MR) is 63.5 cm³/mol. The second kappa shape index (κ2) is 4.97. The van der Waals surface area contributed by atoms with Gasteiger partial charge in [0.05, 0.1) is 6.10 Å². The molecule has 2 rings (SSSR count). The summed E-state index contributed by atoms with van der Waals surface area (Å²) in [6.45, 7) is 1.59. The molecule has 0 aliphatic carbocycles. The summed E-state index contributed by atoms with van der Waals surface area (Å²) >= 11 is 0. The molecule has 2 aromatic rings. The van der Waals surface area contributed by atoms with Gasteiger partial charge in [-0.2, -0.15) is 0 Å². The normalized spacial score (nSPS) is 12.2. The Hall–Kier alpha value is -1.87. The average Bonchev–Trinajstić information content (AvgIpc) is 2.33. The summed E-state index contributed by atoms with van der Waals surface area (Å²) in [6.07, 6.45) is -0.685. The Morgan fingerprint density at radius 2 is 1.82 bits per heavy atom. The molecule has 0 unspecified atom stereocenters. The topological polar surface area (TPSA) is 29.5 Å². The summed E-state index contributed by atoms with van der Waals surface area (Å²) in [4.78, 5) is 0. The molecule has 2 nitrogen and oxygen atoms in total. The summed E-state index contributed by atoms with van der Waals surface area (Å²) in [5.41, 5.74) is 0.530. The van der Waals surface area contributed by atoms with Crippen molar-refractivity contribution in [3.05, 3.63) is 59.9 Å². The Bertz CT molecular complexity index is 495. The summed E-state index contributed by atoms with van der Waals surface area (Å²) < 4.78 is 19.0. The van der Waals surface area contributed by atoms with Crippen molar-refractivity contribution in [3.8, 4) is 11.5 Å². The standard InChI is InChI=1S/C14H13FO2/c1-10(16)11-7-8-14(13(15)9-11)17-12-5-3-2-4-6-12/h2-10,16H,1H3/t10-/m1/s1. The first kappa shape index (κ1) is 11.6. The zero-order chi connectivity index (χ0) is 12.3. The van der Waals surface area contributed by atoms with Crippen LogP contribution in [-0.2, 0) is 0 Å². The lowest BCUT2D eigenvalue weighted by atomic mass is 10.1. The first-order valence-corrected chi connectivity index (χ1v) is 5.37. The van der Waals surface area contributed by atoms with Crippen LogP contribution in [0.4, 0.5) is 4.39 Å². The Balaban J connectivity index is 2.23. The number of rotatable bonds is 3. The minimum atomic E-state index is -0.685. The van der Waals surface area contributed by atoms with Gasteiger partial charge in [0.1, 0.15) is 5.75 Å². The lowest BCUT2D eigenvalue weighted by molar-refractivity contribution is 0.198. The van der Waals surface area contributed by atoms with Crippen LogP contribution in [-0.4, -0.2) is 5.11 Å². The van der Waals surface area contributed by atoms with Gasteiger partial charge in [-0.1, -0.05) is 24.3 Å². The molecule has 0 saturated heterocycles. The van der Waals surface area contributed by atoms with Crippen LogP contribution in [0.5, 0.6) is 11.5 Å². The van der Waals surface area contributed by atoms with Gasteiger partial charge < -0.3 is 9.84 Å². The highest BCUT2D eigenvalue weighted by molar-refractivity contribution is 5.34. The van der Waals surface area contributed by atoms with E-state index in [1.807, 2.05) is 18.2 Å². The molecule has 0 aliphatic heterocycles. The molecule has 0 spiro atoms. The molecule has 1 atom stereocenters. The van der Waals surface area contributed by atoms with Crippen molar-refractivity contribution < 1.29 is 14.2 Å². The van der Waals surface area contributed by atoms with E-state index in [1.54, 1.807) is 25.1 Å². The highest BCUT2D eigenvalue weighted by Gasteiger charge is 2.08. The maximum absolute atomic E-state index is 13.7. The molecule has 0 radical (unpaired) electrons. The zero-order valence-corrected chi connectivity index (χ0v) is 9.43. The number of hydrogen-bond acceptors (Lipinski definition) is 2. The van der Waals surface area contributed by atoms with Gasteiger partial charge in [-0.3, -0.25) is 0 Å². The quantitative estimate of drug-likeness (QED) is 0.874. The Morgan fingerprint density at radius 1 is 1.12 bits per heavy atom. The van der Waals surface area contributed by atoms with Crippen LogP contribution in [0, 0.1) is 5.82 Å². The van der Waals surface area contributed by atoms with Crippen LogP contribution < -0.4 is 4.74 Å². The van der Waals surface area contributed by atoms with Gasteiger partial charge in [-0.05, 0) is 36.8 Å². The molecule has 0 fully saturated rings. The van der Waals surface area contributed by atoms with Gasteiger partial charge in [0.15, 0.2) is 11.6 Å². The third-order valence-corrected chi connectivity index (χ3v) is 2.41. The van der Waals surface area contributed by atoms with E-state index in [1.165, 1.54) is 12.1 Å². The lowest BCUT2D eigenvalue weighted by Crippen LogP contribution is -1.94. The van der Waals surface area contributed by atoms with Crippen LogP contribution in [0.25, 0.3) is 0 Å². The minimum absolute atomic E-state index is 0.153. The highest BCUT2D eigenvalue weighted by atomic mass is 19.1.